The number of azo groups is 1. The zero-order chi connectivity index (χ0) is 16.1. The standard InChI is InChI=1S/C10H13N7O2S3/c1-17(3-4-20)10-16-15-9(22-10)14-13-5-6(18)11-8(21-2)12-7(5)19/h20H,3-4H2,1-2H3,(H2,11,12,18,19)/b14-13+. The lowest BCUT2D eigenvalue weighted by molar-refractivity contribution is 0.414. The van der Waals surface area contributed by atoms with Gasteiger partial charge < -0.3 is 15.1 Å². The molecular formula is C10H13N7O2S3. The van der Waals surface area contributed by atoms with Crippen molar-refractivity contribution in [3.05, 3.63) is 0 Å². The molecule has 0 aliphatic rings. The maximum absolute atomic E-state index is 9.72. The Morgan fingerprint density at radius 2 is 1.91 bits per heavy atom. The van der Waals surface area contributed by atoms with Crippen molar-refractivity contribution in [2.24, 2.45) is 10.2 Å². The van der Waals surface area contributed by atoms with E-state index in [0.29, 0.717) is 10.9 Å². The molecule has 12 heteroatoms. The van der Waals surface area contributed by atoms with E-state index in [4.69, 9.17) is 0 Å². The van der Waals surface area contributed by atoms with E-state index in [1.807, 2.05) is 11.9 Å². The number of thiol groups is 1. The Kier molecular flexibility index (Phi) is 5.74. The molecule has 2 N–H and O–H groups in total. The number of rotatable bonds is 6. The third kappa shape index (κ3) is 3.96. The topological polar surface area (TPSA) is 120 Å². The van der Waals surface area contributed by atoms with Crippen LogP contribution in [0.4, 0.5) is 16.0 Å². The highest BCUT2D eigenvalue weighted by Crippen LogP contribution is 2.36. The largest absolute Gasteiger partial charge is 0.491 e. The number of hydrogen-bond donors (Lipinski definition) is 3. The highest BCUT2D eigenvalue weighted by atomic mass is 32.2. The summed E-state index contributed by atoms with van der Waals surface area (Å²) in [6, 6.07) is 0. The minimum absolute atomic E-state index is 0.210. The van der Waals surface area contributed by atoms with Gasteiger partial charge in [-0.25, -0.2) is 0 Å². The second-order valence-corrected chi connectivity index (χ2v) is 6.07. The fraction of sp³-hybridized carbons (Fsp3) is 0.400. The molecule has 0 radical (unpaired) electrons. The van der Waals surface area contributed by atoms with Gasteiger partial charge in [0.15, 0.2) is 5.16 Å². The molecule has 0 saturated carbocycles. The molecule has 0 aromatic carbocycles. The van der Waals surface area contributed by atoms with Gasteiger partial charge in [0.05, 0.1) is 0 Å². The molecule has 2 aromatic rings. The van der Waals surface area contributed by atoms with Crippen LogP contribution in [0, 0.1) is 0 Å². The number of nitrogens with zero attached hydrogens (tertiary/aromatic N) is 7. The predicted molar refractivity (Wildman–Crippen MR) is 88.4 cm³/mol. The zero-order valence-corrected chi connectivity index (χ0v) is 14.2. The first-order valence-corrected chi connectivity index (χ1v) is 8.63. The summed E-state index contributed by atoms with van der Waals surface area (Å²) in [5.41, 5.74) is -0.210. The monoisotopic (exact) mass is 359 g/mol. The molecule has 2 heterocycles. The van der Waals surface area contributed by atoms with Gasteiger partial charge in [-0.3, -0.25) is 0 Å². The number of hydrogen-bond acceptors (Lipinski definition) is 12. The molecule has 118 valence electrons. The maximum atomic E-state index is 9.72. The van der Waals surface area contributed by atoms with Gasteiger partial charge in [-0.15, -0.1) is 20.4 Å². The van der Waals surface area contributed by atoms with Crippen LogP contribution in [0.2, 0.25) is 0 Å². The van der Waals surface area contributed by atoms with Gasteiger partial charge in [0, 0.05) is 19.3 Å². The number of thioether (sulfide) groups is 1. The van der Waals surface area contributed by atoms with Crippen LogP contribution in [0.1, 0.15) is 0 Å². The molecule has 0 spiro atoms. The fourth-order valence-corrected chi connectivity index (χ4v) is 2.64. The maximum Gasteiger partial charge on any atom is 0.253 e. The Hall–Kier alpha value is -1.66. The minimum atomic E-state index is -0.447. The van der Waals surface area contributed by atoms with Crippen LogP contribution in [0.3, 0.4) is 0 Å². The van der Waals surface area contributed by atoms with Crippen molar-refractivity contribution in [1.82, 2.24) is 20.2 Å². The van der Waals surface area contributed by atoms with E-state index in [1.165, 1.54) is 23.1 Å². The van der Waals surface area contributed by atoms with E-state index in [1.54, 1.807) is 6.26 Å². The summed E-state index contributed by atoms with van der Waals surface area (Å²) in [7, 11) is 1.87. The zero-order valence-electron chi connectivity index (χ0n) is 11.7. The van der Waals surface area contributed by atoms with Crippen molar-refractivity contribution < 1.29 is 10.2 Å². The first kappa shape index (κ1) is 16.7. The van der Waals surface area contributed by atoms with E-state index >= 15 is 0 Å². The van der Waals surface area contributed by atoms with Crippen molar-refractivity contribution >= 4 is 51.7 Å². The van der Waals surface area contributed by atoms with Crippen LogP contribution in [0.5, 0.6) is 11.8 Å². The van der Waals surface area contributed by atoms with Crippen molar-refractivity contribution in [3.63, 3.8) is 0 Å². The number of anilines is 1. The van der Waals surface area contributed by atoms with Crippen molar-refractivity contribution in [3.8, 4) is 11.8 Å². The Bertz CT molecular complexity index is 655. The third-order valence-electron chi connectivity index (χ3n) is 2.41. The minimum Gasteiger partial charge on any atom is -0.491 e. The highest BCUT2D eigenvalue weighted by Gasteiger charge is 2.13. The molecule has 0 aliphatic heterocycles. The smallest absolute Gasteiger partial charge is 0.253 e. The number of aromatic hydroxyl groups is 2. The van der Waals surface area contributed by atoms with E-state index < -0.39 is 11.8 Å². The average molecular weight is 359 g/mol. The second-order valence-electron chi connectivity index (χ2n) is 3.92. The molecular weight excluding hydrogens is 346 g/mol. The molecule has 0 fully saturated rings. The van der Waals surface area contributed by atoms with Gasteiger partial charge in [-0.2, -0.15) is 22.6 Å². The lowest BCUT2D eigenvalue weighted by Crippen LogP contribution is -2.19. The van der Waals surface area contributed by atoms with Crippen molar-refractivity contribution in [1.29, 1.82) is 0 Å². The molecule has 9 nitrogen and oxygen atoms in total. The van der Waals surface area contributed by atoms with E-state index in [-0.39, 0.29) is 16.0 Å². The van der Waals surface area contributed by atoms with Gasteiger partial charge in [0.1, 0.15) is 0 Å². The quantitative estimate of drug-likeness (QED) is 0.311. The molecule has 0 unspecified atom stereocenters. The molecule has 0 saturated heterocycles. The Morgan fingerprint density at radius 3 is 2.50 bits per heavy atom. The summed E-state index contributed by atoms with van der Waals surface area (Å²) in [5, 5.41) is 36.0. The first-order chi connectivity index (χ1) is 10.5. The Morgan fingerprint density at radius 1 is 1.23 bits per heavy atom. The molecule has 0 amide bonds. The summed E-state index contributed by atoms with van der Waals surface area (Å²) >= 11 is 6.55. The third-order valence-corrected chi connectivity index (χ3v) is 4.08. The molecule has 22 heavy (non-hydrogen) atoms. The van der Waals surface area contributed by atoms with Crippen LogP contribution >= 0.6 is 35.7 Å². The van der Waals surface area contributed by atoms with E-state index in [2.05, 4.69) is 43.0 Å². The lowest BCUT2D eigenvalue weighted by Gasteiger charge is -2.11. The van der Waals surface area contributed by atoms with Gasteiger partial charge in [0.25, 0.3) is 5.13 Å². The molecule has 0 bridgehead atoms. The summed E-state index contributed by atoms with van der Waals surface area (Å²) in [6.07, 6.45) is 1.72. The van der Waals surface area contributed by atoms with Crippen LogP contribution in [0.25, 0.3) is 0 Å². The fourth-order valence-electron chi connectivity index (χ4n) is 1.33. The summed E-state index contributed by atoms with van der Waals surface area (Å²) in [6.45, 7) is 0.723. The van der Waals surface area contributed by atoms with Crippen LogP contribution in [0.15, 0.2) is 15.4 Å². The van der Waals surface area contributed by atoms with Gasteiger partial charge in [0.2, 0.25) is 22.6 Å². The Labute approximate surface area is 140 Å². The van der Waals surface area contributed by atoms with E-state index in [0.717, 1.165) is 6.54 Å². The average Bonchev–Trinajstić information content (AvgIpc) is 2.95. The lowest BCUT2D eigenvalue weighted by atomic mass is 10.5. The second kappa shape index (κ2) is 7.56. The van der Waals surface area contributed by atoms with Crippen LogP contribution in [-0.4, -0.2) is 56.0 Å². The van der Waals surface area contributed by atoms with Gasteiger partial charge >= 0.3 is 0 Å². The molecule has 0 aliphatic carbocycles. The molecule has 0 atom stereocenters. The van der Waals surface area contributed by atoms with Gasteiger partial charge in [-0.05, 0) is 6.26 Å². The SMILES string of the molecule is CSc1nc(O)c(/N=N/c2nnc(N(C)CCS)s2)c(O)n1. The predicted octanol–water partition coefficient (Wildman–Crippen LogP) is 2.24. The summed E-state index contributed by atoms with van der Waals surface area (Å²) < 4.78 is 0. The Balaban J connectivity index is 2.19. The van der Waals surface area contributed by atoms with Gasteiger partial charge in [-0.1, -0.05) is 23.1 Å². The van der Waals surface area contributed by atoms with E-state index in [9.17, 15) is 10.2 Å². The normalized spacial score (nSPS) is 11.2. The summed E-state index contributed by atoms with van der Waals surface area (Å²) in [5.74, 6) is -0.205. The number of aromatic nitrogens is 4. The summed E-state index contributed by atoms with van der Waals surface area (Å²) in [4.78, 5) is 9.42. The first-order valence-electron chi connectivity index (χ1n) is 5.96. The van der Waals surface area contributed by atoms with Crippen LogP contribution < -0.4 is 4.90 Å². The van der Waals surface area contributed by atoms with Crippen molar-refractivity contribution in [2.45, 2.75) is 5.16 Å². The molecule has 2 aromatic heterocycles. The van der Waals surface area contributed by atoms with Crippen LogP contribution in [-0.2, 0) is 0 Å². The molecule has 2 rings (SSSR count). The van der Waals surface area contributed by atoms with Crippen molar-refractivity contribution in [2.75, 3.05) is 30.5 Å². The highest BCUT2D eigenvalue weighted by molar-refractivity contribution is 7.98.